The molecular weight excluding hydrogens is 381 g/mol. The molecular formula is C22H26NNaO5. The Morgan fingerprint density at radius 2 is 1.59 bits per heavy atom. The molecule has 2 aromatic rings. The SMILES string of the molecule is C[C@H](CCNC(=O)CCC(=O)O)C(=O)OCc1ccc(-c2ccccc2)cc1.[NaH]. The predicted octanol–water partition coefficient (Wildman–Crippen LogP) is 2.76. The van der Waals surface area contributed by atoms with Gasteiger partial charge in [0.1, 0.15) is 6.61 Å². The van der Waals surface area contributed by atoms with Crippen LogP contribution in [-0.2, 0) is 25.7 Å². The molecule has 7 heteroatoms. The molecule has 1 amide bonds. The fourth-order valence-electron chi connectivity index (χ4n) is 2.58. The van der Waals surface area contributed by atoms with Crippen molar-refractivity contribution in [3.8, 4) is 11.1 Å². The topological polar surface area (TPSA) is 92.7 Å². The van der Waals surface area contributed by atoms with Crippen LogP contribution in [0.2, 0.25) is 0 Å². The number of carbonyl (C=O) groups excluding carboxylic acids is 2. The molecule has 0 aliphatic carbocycles. The molecule has 0 aromatic heterocycles. The van der Waals surface area contributed by atoms with E-state index >= 15 is 0 Å². The Labute approximate surface area is 192 Å². The number of ether oxygens (including phenoxy) is 1. The molecule has 2 rings (SSSR count). The van der Waals surface area contributed by atoms with Gasteiger partial charge in [0.05, 0.1) is 12.3 Å². The Kier molecular flexibility index (Phi) is 11.3. The van der Waals surface area contributed by atoms with Crippen molar-refractivity contribution in [3.63, 3.8) is 0 Å². The van der Waals surface area contributed by atoms with Crippen molar-refractivity contribution in [1.29, 1.82) is 0 Å². The van der Waals surface area contributed by atoms with Crippen LogP contribution in [0.25, 0.3) is 11.1 Å². The molecule has 0 fully saturated rings. The molecule has 0 spiro atoms. The number of amides is 1. The second-order valence-corrected chi connectivity index (χ2v) is 6.60. The number of rotatable bonds is 10. The van der Waals surface area contributed by atoms with Crippen molar-refractivity contribution in [2.24, 2.45) is 5.92 Å². The number of esters is 1. The van der Waals surface area contributed by atoms with Gasteiger partial charge in [-0.3, -0.25) is 14.4 Å². The maximum absolute atomic E-state index is 12.1. The van der Waals surface area contributed by atoms with E-state index in [-0.39, 0.29) is 66.8 Å². The fraction of sp³-hybridized carbons (Fsp3) is 0.318. The van der Waals surface area contributed by atoms with Gasteiger partial charge in [-0.1, -0.05) is 61.5 Å². The normalized spacial score (nSPS) is 11.1. The van der Waals surface area contributed by atoms with E-state index in [4.69, 9.17) is 9.84 Å². The van der Waals surface area contributed by atoms with Crippen molar-refractivity contribution in [1.82, 2.24) is 5.32 Å². The predicted molar refractivity (Wildman–Crippen MR) is 112 cm³/mol. The molecule has 0 saturated heterocycles. The molecule has 6 nitrogen and oxygen atoms in total. The molecule has 2 aromatic carbocycles. The monoisotopic (exact) mass is 407 g/mol. The summed E-state index contributed by atoms with van der Waals surface area (Å²) < 4.78 is 5.34. The van der Waals surface area contributed by atoms with E-state index in [9.17, 15) is 14.4 Å². The summed E-state index contributed by atoms with van der Waals surface area (Å²) in [6.45, 7) is 2.24. The van der Waals surface area contributed by atoms with Gasteiger partial charge in [-0.15, -0.1) is 0 Å². The van der Waals surface area contributed by atoms with Gasteiger partial charge in [0.2, 0.25) is 5.91 Å². The second kappa shape index (κ2) is 13.1. The van der Waals surface area contributed by atoms with Crippen LogP contribution in [0, 0.1) is 5.92 Å². The number of carbonyl (C=O) groups is 3. The molecule has 0 aliphatic rings. The van der Waals surface area contributed by atoms with Crippen molar-refractivity contribution in [2.45, 2.75) is 32.8 Å². The number of aliphatic carboxylic acids is 1. The Bertz CT molecular complexity index is 793. The van der Waals surface area contributed by atoms with Gasteiger partial charge in [-0.2, -0.15) is 0 Å². The molecule has 0 radical (unpaired) electrons. The van der Waals surface area contributed by atoms with Crippen LogP contribution in [0.3, 0.4) is 0 Å². The van der Waals surface area contributed by atoms with Gasteiger partial charge in [0.15, 0.2) is 0 Å². The number of carboxylic acid groups (broad SMARTS) is 1. The first-order valence-electron chi connectivity index (χ1n) is 9.25. The van der Waals surface area contributed by atoms with Crippen LogP contribution in [0.15, 0.2) is 54.6 Å². The van der Waals surface area contributed by atoms with Crippen molar-refractivity contribution in [2.75, 3.05) is 6.54 Å². The van der Waals surface area contributed by atoms with E-state index in [1.54, 1.807) is 6.92 Å². The van der Waals surface area contributed by atoms with Gasteiger partial charge in [0.25, 0.3) is 0 Å². The minimum atomic E-state index is -1.01. The Hall–Kier alpha value is -2.15. The van der Waals surface area contributed by atoms with Gasteiger partial charge < -0.3 is 15.2 Å². The molecule has 1 atom stereocenters. The van der Waals surface area contributed by atoms with Crippen molar-refractivity contribution in [3.05, 3.63) is 60.2 Å². The zero-order valence-corrected chi connectivity index (χ0v) is 15.9. The van der Waals surface area contributed by atoms with Crippen LogP contribution in [0.1, 0.15) is 31.7 Å². The molecule has 0 bridgehead atoms. The minimum absolute atomic E-state index is 0. The fourth-order valence-corrected chi connectivity index (χ4v) is 2.58. The number of hydrogen-bond acceptors (Lipinski definition) is 4. The van der Waals surface area contributed by atoms with Gasteiger partial charge in [-0.05, 0) is 23.1 Å². The van der Waals surface area contributed by atoms with E-state index in [2.05, 4.69) is 5.32 Å². The Balaban J connectivity index is 0.00000420. The Morgan fingerprint density at radius 3 is 2.21 bits per heavy atom. The third-order valence-corrected chi connectivity index (χ3v) is 4.31. The van der Waals surface area contributed by atoms with Crippen molar-refractivity contribution >= 4 is 47.4 Å². The summed E-state index contributed by atoms with van der Waals surface area (Å²) in [5.74, 6) is -2.03. The number of nitrogens with one attached hydrogen (secondary N) is 1. The van der Waals surface area contributed by atoms with E-state index in [1.165, 1.54) is 0 Å². The number of benzene rings is 2. The molecule has 29 heavy (non-hydrogen) atoms. The first-order chi connectivity index (χ1) is 13.5. The average molecular weight is 407 g/mol. The summed E-state index contributed by atoms with van der Waals surface area (Å²) in [5.41, 5.74) is 3.13. The molecule has 0 aliphatic heterocycles. The standard InChI is InChI=1S/C22H25NO5.Na.H/c1-16(13-14-23-20(24)11-12-21(25)26)22(27)28-15-17-7-9-19(10-8-17)18-5-3-2-4-6-18;;/h2-10,16H,11-15H2,1H3,(H,23,24)(H,25,26);;/t16-;;/m1../s1. The zero-order valence-electron chi connectivity index (χ0n) is 15.9. The van der Waals surface area contributed by atoms with Gasteiger partial charge in [0, 0.05) is 13.0 Å². The summed E-state index contributed by atoms with van der Waals surface area (Å²) in [5, 5.41) is 11.1. The third kappa shape index (κ3) is 9.26. The maximum atomic E-state index is 12.1. The van der Waals surface area contributed by atoms with Gasteiger partial charge >= 0.3 is 41.5 Å². The summed E-state index contributed by atoms with van der Waals surface area (Å²) in [6.07, 6.45) is 0.171. The Morgan fingerprint density at radius 1 is 0.966 bits per heavy atom. The molecule has 0 heterocycles. The van der Waals surface area contributed by atoms with Crippen molar-refractivity contribution < 1.29 is 24.2 Å². The second-order valence-electron chi connectivity index (χ2n) is 6.60. The summed E-state index contributed by atoms with van der Waals surface area (Å²) >= 11 is 0. The third-order valence-electron chi connectivity index (χ3n) is 4.31. The number of hydrogen-bond donors (Lipinski definition) is 2. The van der Waals surface area contributed by atoms with E-state index < -0.39 is 5.97 Å². The molecule has 0 unspecified atom stereocenters. The van der Waals surface area contributed by atoms with Crippen LogP contribution < -0.4 is 5.32 Å². The van der Waals surface area contributed by atoms with Crippen LogP contribution >= 0.6 is 0 Å². The van der Waals surface area contributed by atoms with Crippen LogP contribution in [-0.4, -0.2) is 59.1 Å². The molecule has 0 saturated carbocycles. The number of carboxylic acids is 1. The van der Waals surface area contributed by atoms with E-state index in [0.717, 1.165) is 16.7 Å². The van der Waals surface area contributed by atoms with Crippen LogP contribution in [0.4, 0.5) is 0 Å². The van der Waals surface area contributed by atoms with E-state index in [0.29, 0.717) is 13.0 Å². The zero-order chi connectivity index (χ0) is 20.4. The summed E-state index contributed by atoms with van der Waals surface area (Å²) in [6, 6.07) is 17.9. The first-order valence-corrected chi connectivity index (χ1v) is 9.25. The van der Waals surface area contributed by atoms with E-state index in [1.807, 2.05) is 54.6 Å². The van der Waals surface area contributed by atoms with Crippen LogP contribution in [0.5, 0.6) is 0 Å². The summed E-state index contributed by atoms with van der Waals surface area (Å²) in [4.78, 5) is 33.9. The van der Waals surface area contributed by atoms with Gasteiger partial charge in [-0.25, -0.2) is 0 Å². The first kappa shape index (κ1) is 24.9. The molecule has 150 valence electrons. The molecule has 2 N–H and O–H groups in total. The quantitative estimate of drug-likeness (QED) is 0.467. The summed E-state index contributed by atoms with van der Waals surface area (Å²) in [7, 11) is 0. The average Bonchev–Trinajstić information content (AvgIpc) is 2.71.